The monoisotopic (exact) mass is 895 g/mol. The van der Waals surface area contributed by atoms with Crippen LogP contribution in [0.5, 0.6) is 0 Å². The number of rotatable bonds is 17. The van der Waals surface area contributed by atoms with E-state index in [1.54, 1.807) is 0 Å². The van der Waals surface area contributed by atoms with Crippen molar-refractivity contribution in [2.24, 2.45) is 52.5 Å². The maximum absolute atomic E-state index is 12.2. The molecule has 0 spiro atoms. The van der Waals surface area contributed by atoms with Crippen LogP contribution in [-0.4, -0.2) is 87.2 Å². The largest absolute Gasteiger partial charge is 0.468 e. The van der Waals surface area contributed by atoms with E-state index in [0.29, 0.717) is 24.2 Å². The first-order valence-corrected chi connectivity index (χ1v) is 25.3. The standard InChI is InChI=1S/C18H33NO2.C11H21NO3.C11H21NO2.C10H19NO2/c1-21-17(20)18(19,14-16-10-6-3-7-11-16)13-12-15-8-4-2-5-9-15;1-15-10(14)11(12,8-13)7-9-5-3-2-4-6-9;1-14-11(13)10(12)8-7-9-5-3-2-4-6-9;1-13-10(12)9(11)7-8-5-3-2-4-6-8/h15-16H,2-14,19H2,1H3;9,13H,2-8,12H2,1H3;9-10H,2-8,12H2,1H3;8-9H,2-7,11H2,1H3. The van der Waals surface area contributed by atoms with Crippen LogP contribution in [0.2, 0.25) is 0 Å². The molecule has 5 fully saturated rings. The van der Waals surface area contributed by atoms with Gasteiger partial charge in [-0.1, -0.05) is 161 Å². The van der Waals surface area contributed by atoms with E-state index in [1.807, 2.05) is 0 Å². The van der Waals surface area contributed by atoms with E-state index in [4.69, 9.17) is 27.7 Å². The molecule has 63 heavy (non-hydrogen) atoms. The number of carbonyl (C=O) groups is 4. The zero-order valence-corrected chi connectivity index (χ0v) is 40.4. The molecular weight excluding hydrogens is 801 g/mol. The number of esters is 4. The molecule has 0 aliphatic heterocycles. The predicted octanol–water partition coefficient (Wildman–Crippen LogP) is 8.31. The van der Waals surface area contributed by atoms with Crippen LogP contribution < -0.4 is 22.9 Å². The summed E-state index contributed by atoms with van der Waals surface area (Å²) in [5.74, 6) is 2.04. The first kappa shape index (κ1) is 56.8. The van der Waals surface area contributed by atoms with Crippen LogP contribution in [0.25, 0.3) is 0 Å². The van der Waals surface area contributed by atoms with Gasteiger partial charge < -0.3 is 47.0 Å². The Morgan fingerprint density at radius 3 is 1.19 bits per heavy atom. The Balaban J connectivity index is 0.000000295. The van der Waals surface area contributed by atoms with E-state index < -0.39 is 29.1 Å². The molecule has 9 N–H and O–H groups in total. The number of methoxy groups -OCH3 is 4. The molecule has 0 heterocycles. The minimum atomic E-state index is -1.20. The molecule has 5 rings (SSSR count). The Kier molecular flexibility index (Phi) is 29.2. The lowest BCUT2D eigenvalue weighted by molar-refractivity contribution is -0.150. The van der Waals surface area contributed by atoms with Gasteiger partial charge >= 0.3 is 23.9 Å². The van der Waals surface area contributed by atoms with Crippen molar-refractivity contribution >= 4 is 23.9 Å². The maximum atomic E-state index is 12.2. The number of aliphatic hydroxyl groups excluding tert-OH is 1. The normalized spacial score (nSPS) is 22.3. The van der Waals surface area contributed by atoms with Crippen LogP contribution in [0.15, 0.2) is 0 Å². The van der Waals surface area contributed by atoms with Crippen LogP contribution in [0.1, 0.15) is 205 Å². The van der Waals surface area contributed by atoms with Crippen molar-refractivity contribution in [1.82, 2.24) is 0 Å². The molecule has 0 saturated heterocycles. The third-order valence-electron chi connectivity index (χ3n) is 14.9. The Bertz CT molecular complexity index is 1240. The molecule has 4 unspecified atom stereocenters. The molecule has 13 heteroatoms. The quantitative estimate of drug-likeness (QED) is 0.0684. The summed E-state index contributed by atoms with van der Waals surface area (Å²) in [7, 11) is 5.57. The van der Waals surface area contributed by atoms with Gasteiger partial charge in [0.25, 0.3) is 0 Å². The Morgan fingerprint density at radius 2 is 0.810 bits per heavy atom. The molecule has 4 atom stereocenters. The van der Waals surface area contributed by atoms with Gasteiger partial charge in [-0.15, -0.1) is 0 Å². The molecule has 0 aromatic carbocycles. The number of hydrogen-bond donors (Lipinski definition) is 5. The smallest absolute Gasteiger partial charge is 0.328 e. The number of carbonyl (C=O) groups excluding carboxylic acids is 4. The molecule has 5 saturated carbocycles. The zero-order chi connectivity index (χ0) is 46.5. The Morgan fingerprint density at radius 1 is 0.476 bits per heavy atom. The molecule has 5 aliphatic rings. The summed E-state index contributed by atoms with van der Waals surface area (Å²) in [6.45, 7) is -0.337. The fourth-order valence-electron chi connectivity index (χ4n) is 10.8. The highest BCUT2D eigenvalue weighted by atomic mass is 16.5. The van der Waals surface area contributed by atoms with Crippen LogP contribution in [0.3, 0.4) is 0 Å². The Labute approximate surface area is 382 Å². The van der Waals surface area contributed by atoms with Gasteiger partial charge in [-0.05, 0) is 74.5 Å². The molecule has 13 nitrogen and oxygen atoms in total. The van der Waals surface area contributed by atoms with Gasteiger partial charge in [0.1, 0.15) is 23.2 Å². The lowest BCUT2D eigenvalue weighted by atomic mass is 9.75. The summed E-state index contributed by atoms with van der Waals surface area (Å²) in [6, 6.07) is -0.824. The highest BCUT2D eigenvalue weighted by molar-refractivity contribution is 5.81. The van der Waals surface area contributed by atoms with Crippen molar-refractivity contribution in [3.05, 3.63) is 0 Å². The highest BCUT2D eigenvalue weighted by Gasteiger charge is 2.39. The lowest BCUT2D eigenvalue weighted by Gasteiger charge is -2.34. The number of nitrogens with two attached hydrogens (primary N) is 4. The third kappa shape index (κ3) is 22.6. The van der Waals surface area contributed by atoms with Crippen molar-refractivity contribution in [2.75, 3.05) is 35.0 Å². The average molecular weight is 895 g/mol. The summed E-state index contributed by atoms with van der Waals surface area (Å²) in [4.78, 5) is 45.7. The summed E-state index contributed by atoms with van der Waals surface area (Å²) >= 11 is 0. The average Bonchev–Trinajstić information content (AvgIpc) is 3.33. The third-order valence-corrected chi connectivity index (χ3v) is 14.9. The summed E-state index contributed by atoms with van der Waals surface area (Å²) in [5, 5.41) is 9.19. The summed E-state index contributed by atoms with van der Waals surface area (Å²) in [5.41, 5.74) is 21.8. The van der Waals surface area contributed by atoms with Crippen LogP contribution in [0, 0.1) is 29.6 Å². The van der Waals surface area contributed by atoms with E-state index in [0.717, 1.165) is 63.2 Å². The van der Waals surface area contributed by atoms with Gasteiger partial charge in [-0.25, -0.2) is 4.79 Å². The van der Waals surface area contributed by atoms with E-state index in [2.05, 4.69) is 14.2 Å². The second kappa shape index (κ2) is 32.4. The van der Waals surface area contributed by atoms with Crippen molar-refractivity contribution in [3.8, 4) is 0 Å². The molecule has 0 aromatic rings. The van der Waals surface area contributed by atoms with Crippen molar-refractivity contribution in [2.45, 2.75) is 229 Å². The number of aliphatic hydroxyl groups is 1. The Hall–Kier alpha value is -2.32. The first-order chi connectivity index (χ1) is 30.2. The van der Waals surface area contributed by atoms with Crippen molar-refractivity contribution in [3.63, 3.8) is 0 Å². The minimum absolute atomic E-state index is 0.191. The van der Waals surface area contributed by atoms with Gasteiger partial charge in [0, 0.05) is 0 Å². The van der Waals surface area contributed by atoms with E-state index in [9.17, 15) is 24.3 Å². The highest BCUT2D eigenvalue weighted by Crippen LogP contribution is 2.36. The van der Waals surface area contributed by atoms with Crippen LogP contribution in [0.4, 0.5) is 0 Å². The number of ether oxygens (including phenoxy) is 4. The zero-order valence-electron chi connectivity index (χ0n) is 40.4. The van der Waals surface area contributed by atoms with Gasteiger partial charge in [0.05, 0.1) is 35.0 Å². The fraction of sp³-hybridized carbons (Fsp3) is 0.920. The maximum Gasteiger partial charge on any atom is 0.328 e. The predicted molar refractivity (Wildman–Crippen MR) is 250 cm³/mol. The second-order valence-electron chi connectivity index (χ2n) is 20.0. The van der Waals surface area contributed by atoms with E-state index in [1.165, 1.54) is 176 Å². The molecule has 0 amide bonds. The minimum Gasteiger partial charge on any atom is -0.468 e. The van der Waals surface area contributed by atoms with Gasteiger partial charge in [-0.3, -0.25) is 14.4 Å². The molecular formula is C50H94N4O9. The fourth-order valence-corrected chi connectivity index (χ4v) is 10.8. The van der Waals surface area contributed by atoms with E-state index >= 15 is 0 Å². The molecule has 368 valence electrons. The van der Waals surface area contributed by atoms with Gasteiger partial charge in [-0.2, -0.15) is 0 Å². The second-order valence-corrected chi connectivity index (χ2v) is 20.0. The van der Waals surface area contributed by atoms with Crippen molar-refractivity contribution in [1.29, 1.82) is 0 Å². The van der Waals surface area contributed by atoms with Crippen molar-refractivity contribution < 1.29 is 43.2 Å². The molecule has 0 aromatic heterocycles. The summed E-state index contributed by atoms with van der Waals surface area (Å²) < 4.78 is 18.8. The molecule has 0 radical (unpaired) electrons. The lowest BCUT2D eigenvalue weighted by Crippen LogP contribution is -2.53. The summed E-state index contributed by atoms with van der Waals surface area (Å²) in [6.07, 6.45) is 38.0. The van der Waals surface area contributed by atoms with Gasteiger partial charge in [0.15, 0.2) is 0 Å². The molecule has 5 aliphatic carbocycles. The SMILES string of the molecule is COC(=O)C(N)(CCC1CCCCC1)CC1CCCCC1.COC(=O)C(N)(CO)CC1CCCCC1.COC(=O)C(N)CC1CCCCC1.COC(=O)C(N)CCC1CCCCC1. The molecule has 0 bridgehead atoms. The van der Waals surface area contributed by atoms with Crippen LogP contribution >= 0.6 is 0 Å². The van der Waals surface area contributed by atoms with Crippen LogP contribution in [-0.2, 0) is 38.1 Å². The first-order valence-electron chi connectivity index (χ1n) is 25.3. The van der Waals surface area contributed by atoms with E-state index in [-0.39, 0.29) is 24.5 Å². The topological polar surface area (TPSA) is 230 Å². The number of hydrogen-bond acceptors (Lipinski definition) is 13. The van der Waals surface area contributed by atoms with Gasteiger partial charge in [0.2, 0.25) is 0 Å².